The molecule has 0 saturated carbocycles. The molecule has 0 bridgehead atoms. The van der Waals surface area contributed by atoms with Crippen molar-refractivity contribution in [3.8, 4) is 17.6 Å². The van der Waals surface area contributed by atoms with Gasteiger partial charge < -0.3 is 15.2 Å². The Morgan fingerprint density at radius 3 is 2.75 bits per heavy atom. The third-order valence-electron chi connectivity index (χ3n) is 2.90. The highest BCUT2D eigenvalue weighted by atomic mass is 16.5. The molecule has 2 N–H and O–H groups in total. The molecule has 0 saturated heterocycles. The number of benzene rings is 1. The van der Waals surface area contributed by atoms with Crippen LogP contribution in [-0.2, 0) is 4.74 Å². The van der Waals surface area contributed by atoms with E-state index >= 15 is 0 Å². The van der Waals surface area contributed by atoms with Gasteiger partial charge in [-0.3, -0.25) is 4.90 Å². The summed E-state index contributed by atoms with van der Waals surface area (Å²) < 4.78 is 10.8. The number of methoxy groups -OCH3 is 1. The zero-order valence-corrected chi connectivity index (χ0v) is 12.4. The molecule has 0 fully saturated rings. The summed E-state index contributed by atoms with van der Waals surface area (Å²) in [6.45, 7) is 6.73. The van der Waals surface area contributed by atoms with Crippen LogP contribution in [0.4, 0.5) is 0 Å². The van der Waals surface area contributed by atoms with Crippen molar-refractivity contribution in [1.29, 1.82) is 0 Å². The second kappa shape index (κ2) is 10.3. The van der Waals surface area contributed by atoms with Crippen LogP contribution in [0, 0.1) is 11.8 Å². The van der Waals surface area contributed by atoms with E-state index in [2.05, 4.69) is 23.7 Å². The zero-order chi connectivity index (χ0) is 14.6. The van der Waals surface area contributed by atoms with Crippen molar-refractivity contribution in [2.75, 3.05) is 46.5 Å². The molecule has 0 spiro atoms. The van der Waals surface area contributed by atoms with Crippen LogP contribution < -0.4 is 10.5 Å². The number of nitrogens with zero attached hydrogens (tertiary/aromatic N) is 1. The highest BCUT2D eigenvalue weighted by Crippen LogP contribution is 2.12. The summed E-state index contributed by atoms with van der Waals surface area (Å²) in [5, 5.41) is 0. The third kappa shape index (κ3) is 6.58. The summed E-state index contributed by atoms with van der Waals surface area (Å²) in [6.07, 6.45) is 0. The van der Waals surface area contributed by atoms with Gasteiger partial charge in [-0.15, -0.1) is 0 Å². The Morgan fingerprint density at radius 2 is 2.05 bits per heavy atom. The van der Waals surface area contributed by atoms with Crippen LogP contribution in [0.25, 0.3) is 0 Å². The van der Waals surface area contributed by atoms with Crippen LogP contribution in [0.1, 0.15) is 12.5 Å². The van der Waals surface area contributed by atoms with Crippen LogP contribution in [0.3, 0.4) is 0 Å². The molecule has 4 heteroatoms. The molecule has 0 radical (unpaired) electrons. The van der Waals surface area contributed by atoms with Crippen LogP contribution >= 0.6 is 0 Å². The molecule has 0 unspecified atom stereocenters. The topological polar surface area (TPSA) is 47.7 Å². The van der Waals surface area contributed by atoms with Crippen molar-refractivity contribution in [3.05, 3.63) is 29.8 Å². The Labute approximate surface area is 121 Å². The van der Waals surface area contributed by atoms with Gasteiger partial charge in [-0.1, -0.05) is 24.8 Å². The Balaban J connectivity index is 2.41. The quantitative estimate of drug-likeness (QED) is 0.728. The van der Waals surface area contributed by atoms with Gasteiger partial charge in [0.1, 0.15) is 12.4 Å². The van der Waals surface area contributed by atoms with Gasteiger partial charge in [0.2, 0.25) is 0 Å². The van der Waals surface area contributed by atoms with E-state index in [-0.39, 0.29) is 0 Å². The number of rotatable bonds is 8. The lowest BCUT2D eigenvalue weighted by molar-refractivity contribution is 0.138. The largest absolute Gasteiger partial charge is 0.492 e. The summed E-state index contributed by atoms with van der Waals surface area (Å²) >= 11 is 0. The maximum absolute atomic E-state index is 5.76. The number of likely N-dealkylation sites (N-methyl/N-ethyl adjacent to an activating group) is 1. The number of ether oxygens (including phenoxy) is 2. The Morgan fingerprint density at radius 1 is 1.25 bits per heavy atom. The fourth-order valence-corrected chi connectivity index (χ4v) is 1.76. The fourth-order valence-electron chi connectivity index (χ4n) is 1.76. The molecule has 1 aromatic rings. The molecule has 0 amide bonds. The molecule has 0 aliphatic heterocycles. The lowest BCUT2D eigenvalue weighted by Crippen LogP contribution is -2.31. The van der Waals surface area contributed by atoms with Gasteiger partial charge in [0.15, 0.2) is 0 Å². The predicted molar refractivity (Wildman–Crippen MR) is 81.9 cm³/mol. The fraction of sp³-hybridized carbons (Fsp3) is 0.500. The number of hydrogen-bond donors (Lipinski definition) is 1. The molecular weight excluding hydrogens is 252 g/mol. The van der Waals surface area contributed by atoms with Crippen molar-refractivity contribution < 1.29 is 9.47 Å². The van der Waals surface area contributed by atoms with Gasteiger partial charge in [0, 0.05) is 25.8 Å². The van der Waals surface area contributed by atoms with E-state index in [1.54, 1.807) is 7.11 Å². The lowest BCUT2D eigenvalue weighted by atomic mass is 10.2. The van der Waals surface area contributed by atoms with E-state index in [9.17, 15) is 0 Å². The molecule has 0 atom stereocenters. The highest BCUT2D eigenvalue weighted by molar-refractivity contribution is 5.39. The molecule has 20 heavy (non-hydrogen) atoms. The lowest BCUT2D eigenvalue weighted by Gasteiger charge is -2.19. The molecule has 110 valence electrons. The first-order valence-corrected chi connectivity index (χ1v) is 6.93. The smallest absolute Gasteiger partial charge is 0.120 e. The summed E-state index contributed by atoms with van der Waals surface area (Å²) in [7, 11) is 1.72. The first-order valence-electron chi connectivity index (χ1n) is 6.93. The third-order valence-corrected chi connectivity index (χ3v) is 2.90. The summed E-state index contributed by atoms with van der Waals surface area (Å²) in [5.41, 5.74) is 6.29. The minimum Gasteiger partial charge on any atom is -0.492 e. The minimum atomic E-state index is 0.371. The predicted octanol–water partition coefficient (Wildman–Crippen LogP) is 1.34. The van der Waals surface area contributed by atoms with E-state index < -0.39 is 0 Å². The minimum absolute atomic E-state index is 0.371. The van der Waals surface area contributed by atoms with Crippen LogP contribution in [-0.4, -0.2) is 51.4 Å². The van der Waals surface area contributed by atoms with Crippen LogP contribution in [0.2, 0.25) is 0 Å². The summed E-state index contributed by atoms with van der Waals surface area (Å²) in [5.74, 6) is 6.68. The Kier molecular flexibility index (Phi) is 8.48. The van der Waals surface area contributed by atoms with Gasteiger partial charge in [-0.25, -0.2) is 0 Å². The van der Waals surface area contributed by atoms with E-state index in [0.717, 1.165) is 37.6 Å². The van der Waals surface area contributed by atoms with Gasteiger partial charge in [0.05, 0.1) is 13.2 Å². The van der Waals surface area contributed by atoms with E-state index in [1.165, 1.54) is 0 Å². The number of nitrogens with two attached hydrogens (primary N) is 1. The maximum atomic E-state index is 5.76. The highest BCUT2D eigenvalue weighted by Gasteiger charge is 2.02. The molecule has 1 rings (SSSR count). The first kappa shape index (κ1) is 16.5. The maximum Gasteiger partial charge on any atom is 0.120 e. The van der Waals surface area contributed by atoms with Crippen molar-refractivity contribution >= 4 is 0 Å². The molecule has 0 aliphatic rings. The molecular formula is C16H24N2O2. The molecule has 1 aromatic carbocycles. The van der Waals surface area contributed by atoms with Gasteiger partial charge in [0.25, 0.3) is 0 Å². The molecule has 0 aromatic heterocycles. The zero-order valence-electron chi connectivity index (χ0n) is 12.4. The van der Waals surface area contributed by atoms with Crippen molar-refractivity contribution in [3.63, 3.8) is 0 Å². The molecule has 0 aliphatic carbocycles. The van der Waals surface area contributed by atoms with Crippen molar-refractivity contribution in [2.24, 2.45) is 5.73 Å². The normalized spacial score (nSPS) is 10.2. The standard InChI is InChI=1S/C16H24N2O2/c1-3-18(10-12-19-2)11-13-20-16-8-4-6-15(14-16)7-5-9-17/h4,6,8,14H,3,9-13,17H2,1-2H3. The van der Waals surface area contributed by atoms with E-state index in [0.29, 0.717) is 13.2 Å². The Bertz CT molecular complexity index is 438. The van der Waals surface area contributed by atoms with Crippen molar-refractivity contribution in [1.82, 2.24) is 4.90 Å². The van der Waals surface area contributed by atoms with Gasteiger partial charge in [-0.2, -0.15) is 0 Å². The summed E-state index contributed by atoms with van der Waals surface area (Å²) in [6, 6.07) is 7.78. The van der Waals surface area contributed by atoms with E-state index in [4.69, 9.17) is 15.2 Å². The van der Waals surface area contributed by atoms with E-state index in [1.807, 2.05) is 24.3 Å². The van der Waals surface area contributed by atoms with Crippen molar-refractivity contribution in [2.45, 2.75) is 6.92 Å². The summed E-state index contributed by atoms with van der Waals surface area (Å²) in [4.78, 5) is 2.29. The monoisotopic (exact) mass is 276 g/mol. The molecule has 4 nitrogen and oxygen atoms in total. The first-order chi connectivity index (χ1) is 9.80. The molecule has 0 heterocycles. The average molecular weight is 276 g/mol. The second-order valence-corrected chi connectivity index (χ2v) is 4.31. The Hall–Kier alpha value is -1.54. The number of hydrogen-bond acceptors (Lipinski definition) is 4. The van der Waals surface area contributed by atoms with Gasteiger partial charge in [-0.05, 0) is 24.7 Å². The average Bonchev–Trinajstić information content (AvgIpc) is 2.49. The second-order valence-electron chi connectivity index (χ2n) is 4.31. The van der Waals surface area contributed by atoms with Crippen LogP contribution in [0.15, 0.2) is 24.3 Å². The van der Waals surface area contributed by atoms with Crippen LogP contribution in [0.5, 0.6) is 5.75 Å². The SMILES string of the molecule is CCN(CCOC)CCOc1cccc(C#CCN)c1. The van der Waals surface area contributed by atoms with Gasteiger partial charge >= 0.3 is 0 Å².